The van der Waals surface area contributed by atoms with Crippen LogP contribution >= 0.6 is 0 Å². The van der Waals surface area contributed by atoms with Gasteiger partial charge in [-0.05, 0) is 65.6 Å². The lowest BCUT2D eigenvalue weighted by Gasteiger charge is -2.12. The molecule has 4 aromatic rings. The van der Waals surface area contributed by atoms with E-state index in [1.165, 1.54) is 24.3 Å². The highest BCUT2D eigenvalue weighted by Gasteiger charge is 2.26. The van der Waals surface area contributed by atoms with Crippen molar-refractivity contribution in [3.05, 3.63) is 102 Å². The van der Waals surface area contributed by atoms with Gasteiger partial charge in [-0.3, -0.25) is 4.79 Å². The van der Waals surface area contributed by atoms with E-state index in [1.54, 1.807) is 24.3 Å². The van der Waals surface area contributed by atoms with Crippen molar-refractivity contribution in [3.63, 3.8) is 0 Å². The lowest BCUT2D eigenvalue weighted by molar-refractivity contribution is 0.102. The summed E-state index contributed by atoms with van der Waals surface area (Å²) in [6.45, 7) is 3.99. The van der Waals surface area contributed by atoms with Gasteiger partial charge >= 0.3 is 0 Å². The van der Waals surface area contributed by atoms with E-state index in [9.17, 15) is 13.6 Å². The van der Waals surface area contributed by atoms with Crippen LogP contribution in [-0.2, 0) is 0 Å². The van der Waals surface area contributed by atoms with Gasteiger partial charge in [0, 0.05) is 16.9 Å². The van der Waals surface area contributed by atoms with E-state index in [4.69, 9.17) is 0 Å². The molecule has 0 spiro atoms. The van der Waals surface area contributed by atoms with Gasteiger partial charge in [0.05, 0.1) is 11.3 Å². The average Bonchev–Trinajstić information content (AvgIpc) is 3.17. The second-order valence-corrected chi connectivity index (χ2v) is 7.65. The Morgan fingerprint density at radius 3 is 1.90 bits per heavy atom. The normalized spacial score (nSPS) is 11.0. The fourth-order valence-electron chi connectivity index (χ4n) is 3.64. The number of H-pyrrole nitrogens is 1. The molecule has 0 saturated carbocycles. The van der Waals surface area contributed by atoms with Crippen molar-refractivity contribution in [2.24, 2.45) is 0 Å². The minimum atomic E-state index is -0.359. The monoisotopic (exact) mass is 416 g/mol. The van der Waals surface area contributed by atoms with Gasteiger partial charge < -0.3 is 10.3 Å². The number of carbonyl (C=O) groups is 1. The van der Waals surface area contributed by atoms with Gasteiger partial charge in [-0.25, -0.2) is 8.78 Å². The first kappa shape index (κ1) is 20.5. The Labute approximate surface area is 179 Å². The number of halogens is 2. The van der Waals surface area contributed by atoms with Crippen molar-refractivity contribution in [2.75, 3.05) is 5.32 Å². The first-order valence-corrected chi connectivity index (χ1v) is 10.1. The van der Waals surface area contributed by atoms with Crippen LogP contribution < -0.4 is 5.32 Å². The van der Waals surface area contributed by atoms with Crippen molar-refractivity contribution in [1.82, 2.24) is 4.98 Å². The molecule has 2 N–H and O–H groups in total. The summed E-state index contributed by atoms with van der Waals surface area (Å²) >= 11 is 0. The number of aromatic amines is 1. The molecule has 1 aromatic heterocycles. The van der Waals surface area contributed by atoms with Gasteiger partial charge in [0.2, 0.25) is 0 Å². The van der Waals surface area contributed by atoms with Crippen molar-refractivity contribution in [2.45, 2.75) is 19.8 Å². The Kier molecular flexibility index (Phi) is 5.67. The van der Waals surface area contributed by atoms with Crippen LogP contribution in [0.2, 0.25) is 0 Å². The average molecular weight is 416 g/mol. The standard InChI is InChI=1S/C26H22F2N2O/c1-16(2)24-23(26(31)29-21-6-4-3-5-7-21)22(17-8-12-19(27)13-9-17)25(30-24)18-10-14-20(28)15-11-18/h3-16,30H,1-2H3,(H,29,31). The second kappa shape index (κ2) is 8.56. The van der Waals surface area contributed by atoms with Gasteiger partial charge in [0.1, 0.15) is 11.6 Å². The number of hydrogen-bond acceptors (Lipinski definition) is 1. The van der Waals surface area contributed by atoms with E-state index in [1.807, 2.05) is 44.2 Å². The van der Waals surface area contributed by atoms with Crippen molar-refractivity contribution < 1.29 is 13.6 Å². The van der Waals surface area contributed by atoms with Crippen LogP contribution in [0.15, 0.2) is 78.9 Å². The maximum absolute atomic E-state index is 13.6. The third-order valence-corrected chi connectivity index (χ3v) is 5.13. The number of aromatic nitrogens is 1. The van der Waals surface area contributed by atoms with Crippen LogP contribution in [0.4, 0.5) is 14.5 Å². The molecule has 0 atom stereocenters. The molecule has 156 valence electrons. The summed E-state index contributed by atoms with van der Waals surface area (Å²) in [5, 5.41) is 2.96. The van der Waals surface area contributed by atoms with Crippen molar-refractivity contribution in [3.8, 4) is 22.4 Å². The molecule has 0 radical (unpaired) electrons. The second-order valence-electron chi connectivity index (χ2n) is 7.65. The minimum Gasteiger partial charge on any atom is -0.357 e. The number of benzene rings is 3. The molecule has 3 aromatic carbocycles. The Balaban J connectivity index is 1.93. The van der Waals surface area contributed by atoms with E-state index < -0.39 is 0 Å². The summed E-state index contributed by atoms with van der Waals surface area (Å²) in [4.78, 5) is 16.8. The van der Waals surface area contributed by atoms with Crippen LogP contribution in [0, 0.1) is 11.6 Å². The number of carbonyl (C=O) groups excluding carboxylic acids is 1. The van der Waals surface area contributed by atoms with Crippen LogP contribution in [0.5, 0.6) is 0 Å². The van der Waals surface area contributed by atoms with Gasteiger partial charge in [-0.15, -0.1) is 0 Å². The smallest absolute Gasteiger partial charge is 0.258 e. The van der Waals surface area contributed by atoms with Crippen LogP contribution in [-0.4, -0.2) is 10.9 Å². The third-order valence-electron chi connectivity index (χ3n) is 5.13. The van der Waals surface area contributed by atoms with Gasteiger partial charge in [-0.2, -0.15) is 0 Å². The molecule has 0 aliphatic heterocycles. The molecule has 1 amide bonds. The number of anilines is 1. The maximum Gasteiger partial charge on any atom is 0.258 e. The first-order chi connectivity index (χ1) is 14.9. The lowest BCUT2D eigenvalue weighted by Crippen LogP contribution is -2.15. The summed E-state index contributed by atoms with van der Waals surface area (Å²) in [5.41, 5.74) is 4.70. The number of para-hydroxylation sites is 1. The van der Waals surface area contributed by atoms with E-state index in [-0.39, 0.29) is 23.5 Å². The topological polar surface area (TPSA) is 44.9 Å². The van der Waals surface area contributed by atoms with Crippen LogP contribution in [0.3, 0.4) is 0 Å². The van der Waals surface area contributed by atoms with E-state index in [0.29, 0.717) is 28.1 Å². The minimum absolute atomic E-state index is 0.0184. The maximum atomic E-state index is 13.6. The summed E-state index contributed by atoms with van der Waals surface area (Å²) in [6.07, 6.45) is 0. The largest absolute Gasteiger partial charge is 0.357 e. The molecule has 0 aliphatic rings. The first-order valence-electron chi connectivity index (χ1n) is 10.1. The predicted octanol–water partition coefficient (Wildman–Crippen LogP) is 7.00. The molecule has 0 saturated heterocycles. The Bertz CT molecular complexity index is 1190. The zero-order valence-electron chi connectivity index (χ0n) is 17.2. The SMILES string of the molecule is CC(C)c1[nH]c(-c2ccc(F)cc2)c(-c2ccc(F)cc2)c1C(=O)Nc1ccccc1. The molecular weight excluding hydrogens is 394 g/mol. The Morgan fingerprint density at radius 2 is 1.35 bits per heavy atom. The van der Waals surface area contributed by atoms with Crippen LogP contribution in [0.1, 0.15) is 35.8 Å². The molecule has 31 heavy (non-hydrogen) atoms. The highest BCUT2D eigenvalue weighted by Crippen LogP contribution is 2.39. The Morgan fingerprint density at radius 1 is 0.806 bits per heavy atom. The van der Waals surface area contributed by atoms with Gasteiger partial charge in [-0.1, -0.05) is 44.2 Å². The third kappa shape index (κ3) is 4.26. The highest BCUT2D eigenvalue weighted by molar-refractivity contribution is 6.12. The lowest BCUT2D eigenvalue weighted by atomic mass is 9.94. The predicted molar refractivity (Wildman–Crippen MR) is 120 cm³/mol. The van der Waals surface area contributed by atoms with E-state index in [0.717, 1.165) is 11.3 Å². The summed E-state index contributed by atoms with van der Waals surface area (Å²) < 4.78 is 27.2. The van der Waals surface area contributed by atoms with Crippen LogP contribution in [0.25, 0.3) is 22.4 Å². The molecule has 0 bridgehead atoms. The quantitative estimate of drug-likeness (QED) is 0.361. The number of hydrogen-bond donors (Lipinski definition) is 2. The van der Waals surface area contributed by atoms with E-state index >= 15 is 0 Å². The zero-order chi connectivity index (χ0) is 22.0. The molecule has 3 nitrogen and oxygen atoms in total. The zero-order valence-corrected chi connectivity index (χ0v) is 17.2. The molecular formula is C26H22F2N2O. The molecule has 1 heterocycles. The molecule has 4 rings (SSSR count). The number of rotatable bonds is 5. The van der Waals surface area contributed by atoms with E-state index in [2.05, 4.69) is 10.3 Å². The fourth-order valence-corrected chi connectivity index (χ4v) is 3.64. The molecule has 0 unspecified atom stereocenters. The summed E-state index contributed by atoms with van der Waals surface area (Å²) in [6, 6.07) is 21.3. The Hall–Kier alpha value is -3.73. The van der Waals surface area contributed by atoms with Gasteiger partial charge in [0.15, 0.2) is 0 Å². The molecule has 5 heteroatoms. The highest BCUT2D eigenvalue weighted by atomic mass is 19.1. The molecule has 0 aliphatic carbocycles. The summed E-state index contributed by atoms with van der Waals surface area (Å²) in [5.74, 6) is -0.949. The fraction of sp³-hybridized carbons (Fsp3) is 0.115. The number of nitrogens with one attached hydrogen (secondary N) is 2. The number of amides is 1. The van der Waals surface area contributed by atoms with Crippen molar-refractivity contribution in [1.29, 1.82) is 0 Å². The molecule has 0 fully saturated rings. The van der Waals surface area contributed by atoms with Gasteiger partial charge in [0.25, 0.3) is 5.91 Å². The summed E-state index contributed by atoms with van der Waals surface area (Å²) in [7, 11) is 0. The van der Waals surface area contributed by atoms with Crippen molar-refractivity contribution >= 4 is 11.6 Å².